The van der Waals surface area contributed by atoms with Gasteiger partial charge in [-0.25, -0.2) is 9.59 Å². The molecule has 0 N–H and O–H groups in total. The Labute approximate surface area is 182 Å². The number of nitrogens with zero attached hydrogens (tertiary/aromatic N) is 1. The summed E-state index contributed by atoms with van der Waals surface area (Å²) in [7, 11) is 0. The van der Waals surface area contributed by atoms with E-state index in [4.69, 9.17) is 14.2 Å². The molecule has 162 valence electrons. The summed E-state index contributed by atoms with van der Waals surface area (Å²) in [4.78, 5) is 27.9. The van der Waals surface area contributed by atoms with Gasteiger partial charge >= 0.3 is 12.1 Å². The largest absolute Gasteiger partial charge is 0.463 e. The summed E-state index contributed by atoms with van der Waals surface area (Å²) < 4.78 is 17.1. The van der Waals surface area contributed by atoms with Gasteiger partial charge in [0.15, 0.2) is 5.54 Å². The van der Waals surface area contributed by atoms with Crippen LogP contribution in [0.15, 0.2) is 54.6 Å². The van der Waals surface area contributed by atoms with E-state index < -0.39 is 22.6 Å². The Bertz CT molecular complexity index is 1030. The highest BCUT2D eigenvalue weighted by Gasteiger charge is 2.91. The fourth-order valence-corrected chi connectivity index (χ4v) is 5.58. The van der Waals surface area contributed by atoms with Crippen LogP contribution >= 0.6 is 0 Å². The van der Waals surface area contributed by atoms with Crippen molar-refractivity contribution < 1.29 is 23.8 Å². The highest BCUT2D eigenvalue weighted by atomic mass is 16.6. The van der Waals surface area contributed by atoms with Gasteiger partial charge in [-0.2, -0.15) is 0 Å². The maximum Gasteiger partial charge on any atom is 0.415 e. The minimum Gasteiger partial charge on any atom is -0.463 e. The van der Waals surface area contributed by atoms with E-state index in [1.54, 1.807) is 4.90 Å². The summed E-state index contributed by atoms with van der Waals surface area (Å²) in [5.74, 6) is -0.433. The first-order valence-corrected chi connectivity index (χ1v) is 10.7. The first kappa shape index (κ1) is 20.1. The molecule has 0 radical (unpaired) electrons. The van der Waals surface area contributed by atoms with E-state index in [1.807, 2.05) is 75.4 Å². The molecule has 1 saturated heterocycles. The van der Waals surface area contributed by atoms with Crippen molar-refractivity contribution in [3.8, 4) is 0 Å². The summed E-state index contributed by atoms with van der Waals surface area (Å²) in [5.41, 5.74) is 0.648. The van der Waals surface area contributed by atoms with E-state index in [-0.39, 0.29) is 11.9 Å². The van der Waals surface area contributed by atoms with Gasteiger partial charge in [-0.1, -0.05) is 48.5 Å². The molecule has 1 spiro atoms. The summed E-state index contributed by atoms with van der Waals surface area (Å²) in [5, 5.41) is 0. The van der Waals surface area contributed by atoms with E-state index >= 15 is 0 Å². The molecule has 1 aliphatic carbocycles. The first-order valence-electron chi connectivity index (χ1n) is 10.7. The summed E-state index contributed by atoms with van der Waals surface area (Å²) in [6.45, 7) is 6.78. The standard InChI is InChI=1S/C25H27NO5/c1-23(2,3)31-22(28)26-19-12-8-7-11-18(19)24(20-16-30-21(27)25(20,24)26)13-14-29-15-17-9-5-4-6-10-17/h4-12,20H,13-16H2,1-3H3/t20?,24-,25-/m0/s1. The third-order valence-corrected chi connectivity index (χ3v) is 6.69. The molecule has 3 atom stereocenters. The van der Waals surface area contributed by atoms with Crippen LogP contribution in [0.2, 0.25) is 0 Å². The normalized spacial score (nSPS) is 27.9. The Morgan fingerprint density at radius 3 is 2.58 bits per heavy atom. The number of anilines is 1. The van der Waals surface area contributed by atoms with Crippen LogP contribution in [0.1, 0.15) is 38.3 Å². The minimum atomic E-state index is -1.03. The Hall–Kier alpha value is -2.86. The van der Waals surface area contributed by atoms with E-state index in [0.717, 1.165) is 16.8 Å². The molecule has 3 aliphatic rings. The number of carbonyl (C=O) groups is 2. The molecule has 6 nitrogen and oxygen atoms in total. The summed E-state index contributed by atoms with van der Waals surface area (Å²) in [6, 6.07) is 17.7. The van der Waals surface area contributed by atoms with Gasteiger partial charge in [-0.05, 0) is 44.4 Å². The molecule has 31 heavy (non-hydrogen) atoms. The van der Waals surface area contributed by atoms with Crippen molar-refractivity contribution in [1.82, 2.24) is 0 Å². The molecule has 6 heteroatoms. The van der Waals surface area contributed by atoms with Crippen LogP contribution < -0.4 is 4.90 Å². The zero-order chi connectivity index (χ0) is 21.9. The number of cyclic esters (lactones) is 1. The highest BCUT2D eigenvalue weighted by molar-refractivity contribution is 6.10. The van der Waals surface area contributed by atoms with Crippen molar-refractivity contribution in [1.29, 1.82) is 0 Å². The highest BCUT2D eigenvalue weighted by Crippen LogP contribution is 2.77. The zero-order valence-electron chi connectivity index (χ0n) is 18.1. The maximum absolute atomic E-state index is 13.3. The van der Waals surface area contributed by atoms with Crippen molar-refractivity contribution in [2.75, 3.05) is 18.1 Å². The van der Waals surface area contributed by atoms with Gasteiger partial charge in [0.05, 0.1) is 18.9 Å². The van der Waals surface area contributed by atoms with Crippen LogP contribution in [0.25, 0.3) is 0 Å². The third kappa shape index (κ3) is 2.74. The molecule has 2 aliphatic heterocycles. The molecule has 1 amide bonds. The average molecular weight is 421 g/mol. The van der Waals surface area contributed by atoms with E-state index in [1.165, 1.54) is 0 Å². The summed E-state index contributed by atoms with van der Waals surface area (Å²) >= 11 is 0. The number of benzene rings is 2. The lowest BCUT2D eigenvalue weighted by atomic mass is 9.88. The second kappa shape index (κ2) is 6.82. The fraction of sp³-hybridized carbons (Fsp3) is 0.440. The maximum atomic E-state index is 13.3. The SMILES string of the molecule is CC(C)(C)OC(=O)N1c2ccccc2[C@@]2(CCOCc3ccccc3)C3COC(=O)[C@]312. The second-order valence-corrected chi connectivity index (χ2v) is 9.51. The number of hydrogen-bond donors (Lipinski definition) is 0. The van der Waals surface area contributed by atoms with Crippen molar-refractivity contribution in [2.24, 2.45) is 5.92 Å². The molecular formula is C25H27NO5. The number of carbonyl (C=O) groups excluding carboxylic acids is 2. The first-order chi connectivity index (χ1) is 14.8. The van der Waals surface area contributed by atoms with E-state index in [0.29, 0.717) is 26.2 Å². The van der Waals surface area contributed by atoms with E-state index in [2.05, 4.69) is 0 Å². The van der Waals surface area contributed by atoms with Crippen molar-refractivity contribution in [3.63, 3.8) is 0 Å². The van der Waals surface area contributed by atoms with Gasteiger partial charge in [0.25, 0.3) is 0 Å². The average Bonchev–Trinajstić information content (AvgIpc) is 2.98. The van der Waals surface area contributed by atoms with Crippen molar-refractivity contribution >= 4 is 17.7 Å². The second-order valence-electron chi connectivity index (χ2n) is 9.51. The Morgan fingerprint density at radius 2 is 1.84 bits per heavy atom. The van der Waals surface area contributed by atoms with Gasteiger partial charge in [-0.15, -0.1) is 0 Å². The number of hydrogen-bond acceptors (Lipinski definition) is 5. The van der Waals surface area contributed by atoms with E-state index in [9.17, 15) is 9.59 Å². The van der Waals surface area contributed by atoms with Gasteiger partial charge in [0, 0.05) is 17.9 Å². The predicted molar refractivity (Wildman–Crippen MR) is 115 cm³/mol. The minimum absolute atomic E-state index is 0.0877. The van der Waals surface area contributed by atoms with Crippen molar-refractivity contribution in [2.45, 2.75) is 50.4 Å². The number of amides is 1. The molecule has 1 unspecified atom stereocenters. The van der Waals surface area contributed by atoms with Gasteiger partial charge < -0.3 is 14.2 Å². The molecule has 2 aromatic rings. The number of ether oxygens (including phenoxy) is 3. The molecule has 1 saturated carbocycles. The van der Waals surface area contributed by atoms with Crippen molar-refractivity contribution in [3.05, 3.63) is 65.7 Å². The molecule has 0 aromatic heterocycles. The fourth-order valence-electron chi connectivity index (χ4n) is 5.58. The van der Waals surface area contributed by atoms with Crippen LogP contribution in [-0.4, -0.2) is 36.4 Å². The topological polar surface area (TPSA) is 65.1 Å². The lowest BCUT2D eigenvalue weighted by Gasteiger charge is -2.29. The molecule has 2 heterocycles. The van der Waals surface area contributed by atoms with Crippen LogP contribution in [0, 0.1) is 5.92 Å². The molecule has 5 rings (SSSR count). The number of rotatable bonds is 5. The van der Waals surface area contributed by atoms with Crippen LogP contribution in [-0.2, 0) is 31.0 Å². The predicted octanol–water partition coefficient (Wildman–Crippen LogP) is 4.21. The monoisotopic (exact) mass is 421 g/mol. The lowest BCUT2D eigenvalue weighted by Crippen LogP contribution is -2.50. The summed E-state index contributed by atoms with van der Waals surface area (Å²) in [6.07, 6.45) is 0.129. The number of fused-ring (bicyclic) bond motifs is 3. The Morgan fingerprint density at radius 1 is 1.13 bits per heavy atom. The zero-order valence-corrected chi connectivity index (χ0v) is 18.1. The smallest absolute Gasteiger partial charge is 0.415 e. The number of para-hydroxylation sites is 1. The molecular weight excluding hydrogens is 394 g/mol. The van der Waals surface area contributed by atoms with Crippen LogP contribution in [0.3, 0.4) is 0 Å². The number of esters is 1. The van der Waals surface area contributed by atoms with Crippen LogP contribution in [0.5, 0.6) is 0 Å². The van der Waals surface area contributed by atoms with Gasteiger partial charge in [0.2, 0.25) is 0 Å². The third-order valence-electron chi connectivity index (χ3n) is 6.69. The Balaban J connectivity index is 1.45. The molecule has 0 bridgehead atoms. The Kier molecular flexibility index (Phi) is 4.42. The molecule has 2 fully saturated rings. The van der Waals surface area contributed by atoms with Crippen LogP contribution in [0.4, 0.5) is 10.5 Å². The van der Waals surface area contributed by atoms with Gasteiger partial charge in [-0.3, -0.25) is 4.90 Å². The van der Waals surface area contributed by atoms with Gasteiger partial charge in [0.1, 0.15) is 5.60 Å². The quantitative estimate of drug-likeness (QED) is 0.534. The lowest BCUT2D eigenvalue weighted by molar-refractivity contribution is -0.143. The molecule has 2 aromatic carbocycles.